The molecule has 1 aromatic rings. The highest BCUT2D eigenvalue weighted by Gasteiger charge is 2.31. The molecular weight excluding hydrogens is 220 g/mol. The molecule has 0 bridgehead atoms. The van der Waals surface area contributed by atoms with Crippen molar-refractivity contribution in [2.45, 2.75) is 32.1 Å². The second-order valence-electron chi connectivity index (χ2n) is 4.76. The number of amides is 1. The summed E-state index contributed by atoms with van der Waals surface area (Å²) in [4.78, 5) is 11.7. The van der Waals surface area contributed by atoms with Crippen molar-refractivity contribution >= 4 is 5.91 Å². The molecule has 0 saturated heterocycles. The summed E-state index contributed by atoms with van der Waals surface area (Å²) in [5.41, 5.74) is 0.145. The van der Waals surface area contributed by atoms with E-state index in [1.165, 1.54) is 12.6 Å². The molecule has 0 unspecified atom stereocenters. The van der Waals surface area contributed by atoms with Crippen LogP contribution < -0.4 is 5.32 Å². The Morgan fingerprint density at radius 1 is 1.47 bits per heavy atom. The lowest BCUT2D eigenvalue weighted by Crippen LogP contribution is -2.41. The highest BCUT2D eigenvalue weighted by Crippen LogP contribution is 2.35. The van der Waals surface area contributed by atoms with E-state index in [4.69, 9.17) is 0 Å². The van der Waals surface area contributed by atoms with E-state index in [-0.39, 0.29) is 23.6 Å². The van der Waals surface area contributed by atoms with Crippen LogP contribution in [0.25, 0.3) is 0 Å². The molecule has 94 valence electrons. The molecule has 1 aliphatic carbocycles. The summed E-state index contributed by atoms with van der Waals surface area (Å²) >= 11 is 0. The van der Waals surface area contributed by atoms with Crippen molar-refractivity contribution in [1.29, 1.82) is 0 Å². The number of aliphatic hydroxyl groups excluding tert-OH is 1. The Balaban J connectivity index is 1.89. The molecule has 1 aliphatic rings. The summed E-state index contributed by atoms with van der Waals surface area (Å²) < 4.78 is 0. The molecular formula is C11H18N4O2. The quantitative estimate of drug-likeness (QED) is 0.711. The number of nitrogens with zero attached hydrogens (tertiary/aromatic N) is 2. The largest absolute Gasteiger partial charge is 0.396 e. The highest BCUT2D eigenvalue weighted by molar-refractivity contribution is 5.91. The third-order valence-electron chi connectivity index (χ3n) is 3.52. The average Bonchev–Trinajstić information content (AvgIpc) is 2.91. The number of H-pyrrole nitrogens is 1. The third-order valence-corrected chi connectivity index (χ3v) is 3.52. The lowest BCUT2D eigenvalue weighted by molar-refractivity contribution is 0.0715. The SMILES string of the molecule is O=C(NCC1(CO)CCCCC1)c1cn[nH]n1. The van der Waals surface area contributed by atoms with Crippen molar-refractivity contribution in [3.8, 4) is 0 Å². The number of hydrogen-bond acceptors (Lipinski definition) is 4. The first-order chi connectivity index (χ1) is 8.26. The predicted molar refractivity (Wildman–Crippen MR) is 61.3 cm³/mol. The molecule has 6 nitrogen and oxygen atoms in total. The van der Waals surface area contributed by atoms with Gasteiger partial charge in [0.2, 0.25) is 0 Å². The van der Waals surface area contributed by atoms with Gasteiger partial charge in [-0.1, -0.05) is 19.3 Å². The molecule has 17 heavy (non-hydrogen) atoms. The third kappa shape index (κ3) is 2.82. The van der Waals surface area contributed by atoms with Crippen LogP contribution in [0.5, 0.6) is 0 Å². The molecule has 0 spiro atoms. The molecule has 3 N–H and O–H groups in total. The minimum absolute atomic E-state index is 0.131. The van der Waals surface area contributed by atoms with Crippen LogP contribution in [-0.4, -0.2) is 39.6 Å². The lowest BCUT2D eigenvalue weighted by atomic mass is 9.74. The van der Waals surface area contributed by atoms with Gasteiger partial charge in [0, 0.05) is 12.0 Å². The van der Waals surface area contributed by atoms with Gasteiger partial charge in [0.15, 0.2) is 5.69 Å². The van der Waals surface area contributed by atoms with Crippen LogP contribution in [0.15, 0.2) is 6.20 Å². The number of nitrogens with one attached hydrogen (secondary N) is 2. The highest BCUT2D eigenvalue weighted by atomic mass is 16.3. The molecule has 1 amide bonds. The van der Waals surface area contributed by atoms with E-state index in [1.54, 1.807) is 0 Å². The van der Waals surface area contributed by atoms with Gasteiger partial charge in [-0.3, -0.25) is 4.79 Å². The monoisotopic (exact) mass is 238 g/mol. The zero-order valence-electron chi connectivity index (χ0n) is 9.78. The molecule has 1 saturated carbocycles. The molecule has 1 fully saturated rings. The first kappa shape index (κ1) is 12.0. The van der Waals surface area contributed by atoms with E-state index in [0.29, 0.717) is 6.54 Å². The van der Waals surface area contributed by atoms with Gasteiger partial charge in [-0.15, -0.1) is 0 Å². The number of aliphatic hydroxyl groups is 1. The molecule has 0 atom stereocenters. The Kier molecular flexibility index (Phi) is 3.73. The Hall–Kier alpha value is -1.43. The van der Waals surface area contributed by atoms with Gasteiger partial charge >= 0.3 is 0 Å². The zero-order chi connectivity index (χ0) is 12.1. The molecule has 1 aromatic heterocycles. The fourth-order valence-electron chi connectivity index (χ4n) is 2.36. The number of carbonyl (C=O) groups is 1. The van der Waals surface area contributed by atoms with E-state index >= 15 is 0 Å². The van der Waals surface area contributed by atoms with Gasteiger partial charge in [0.1, 0.15) is 0 Å². The van der Waals surface area contributed by atoms with Crippen LogP contribution in [-0.2, 0) is 0 Å². The molecule has 0 aliphatic heterocycles. The summed E-state index contributed by atoms with van der Waals surface area (Å²) in [7, 11) is 0. The fraction of sp³-hybridized carbons (Fsp3) is 0.727. The van der Waals surface area contributed by atoms with E-state index in [0.717, 1.165) is 25.7 Å². The number of carbonyl (C=O) groups excluding carboxylic acids is 1. The summed E-state index contributed by atoms with van der Waals surface area (Å²) in [6, 6.07) is 0. The maximum Gasteiger partial charge on any atom is 0.273 e. The lowest BCUT2D eigenvalue weighted by Gasteiger charge is -2.35. The summed E-state index contributed by atoms with van der Waals surface area (Å²) in [5.74, 6) is -0.239. The van der Waals surface area contributed by atoms with Crippen LogP contribution in [0.4, 0.5) is 0 Å². The fourth-order valence-corrected chi connectivity index (χ4v) is 2.36. The van der Waals surface area contributed by atoms with Crippen LogP contribution >= 0.6 is 0 Å². The van der Waals surface area contributed by atoms with Crippen molar-refractivity contribution < 1.29 is 9.90 Å². The Morgan fingerprint density at radius 3 is 2.82 bits per heavy atom. The average molecular weight is 238 g/mol. The standard InChI is InChI=1S/C11H18N4O2/c16-8-11(4-2-1-3-5-11)7-12-10(17)9-6-13-15-14-9/h6,16H,1-5,7-8H2,(H,12,17)(H,13,14,15). The van der Waals surface area contributed by atoms with Crippen LogP contribution in [0.1, 0.15) is 42.6 Å². The Labute approximate surface area is 99.8 Å². The molecule has 0 radical (unpaired) electrons. The summed E-state index contributed by atoms with van der Waals surface area (Å²) in [6.45, 7) is 0.640. The van der Waals surface area contributed by atoms with Crippen molar-refractivity contribution in [2.75, 3.05) is 13.2 Å². The first-order valence-electron chi connectivity index (χ1n) is 6.01. The van der Waals surface area contributed by atoms with E-state index < -0.39 is 0 Å². The number of hydrogen-bond donors (Lipinski definition) is 3. The second kappa shape index (κ2) is 5.27. The van der Waals surface area contributed by atoms with Crippen LogP contribution in [0.2, 0.25) is 0 Å². The molecule has 6 heteroatoms. The van der Waals surface area contributed by atoms with E-state index in [2.05, 4.69) is 20.7 Å². The van der Waals surface area contributed by atoms with Crippen molar-refractivity contribution in [3.63, 3.8) is 0 Å². The van der Waals surface area contributed by atoms with E-state index in [1.807, 2.05) is 0 Å². The van der Waals surface area contributed by atoms with Gasteiger partial charge in [-0.25, -0.2) is 0 Å². The summed E-state index contributed by atoms with van der Waals surface area (Å²) in [6.07, 6.45) is 6.81. The topological polar surface area (TPSA) is 90.9 Å². The second-order valence-corrected chi connectivity index (χ2v) is 4.76. The van der Waals surface area contributed by atoms with Crippen LogP contribution in [0, 0.1) is 5.41 Å². The van der Waals surface area contributed by atoms with Gasteiger partial charge in [-0.2, -0.15) is 15.4 Å². The van der Waals surface area contributed by atoms with Gasteiger partial charge in [0.05, 0.1) is 12.8 Å². The Bertz CT molecular complexity index is 358. The number of aromatic nitrogens is 3. The normalized spacial score (nSPS) is 18.9. The maximum absolute atomic E-state index is 11.7. The number of rotatable bonds is 4. The van der Waals surface area contributed by atoms with Crippen molar-refractivity contribution in [2.24, 2.45) is 5.41 Å². The minimum atomic E-state index is -0.239. The molecule has 1 heterocycles. The summed E-state index contributed by atoms with van der Waals surface area (Å²) in [5, 5.41) is 22.0. The van der Waals surface area contributed by atoms with E-state index in [9.17, 15) is 9.90 Å². The van der Waals surface area contributed by atoms with Gasteiger partial charge < -0.3 is 10.4 Å². The minimum Gasteiger partial charge on any atom is -0.396 e. The first-order valence-corrected chi connectivity index (χ1v) is 6.01. The zero-order valence-corrected chi connectivity index (χ0v) is 9.78. The van der Waals surface area contributed by atoms with Crippen LogP contribution in [0.3, 0.4) is 0 Å². The predicted octanol–water partition coefficient (Wildman–Crippen LogP) is 0.477. The maximum atomic E-state index is 11.7. The van der Waals surface area contributed by atoms with Crippen molar-refractivity contribution in [1.82, 2.24) is 20.7 Å². The smallest absolute Gasteiger partial charge is 0.273 e. The molecule has 2 rings (SSSR count). The Morgan fingerprint density at radius 2 is 2.24 bits per heavy atom. The molecule has 0 aromatic carbocycles. The van der Waals surface area contributed by atoms with Gasteiger partial charge in [0.25, 0.3) is 5.91 Å². The number of aromatic amines is 1. The van der Waals surface area contributed by atoms with Crippen molar-refractivity contribution in [3.05, 3.63) is 11.9 Å². The van der Waals surface area contributed by atoms with Gasteiger partial charge in [-0.05, 0) is 12.8 Å².